The van der Waals surface area contributed by atoms with Crippen LogP contribution in [0.3, 0.4) is 0 Å². The summed E-state index contributed by atoms with van der Waals surface area (Å²) in [7, 11) is 0. The number of aryl methyl sites for hydroxylation is 2. The lowest BCUT2D eigenvalue weighted by atomic mass is 10.1. The van der Waals surface area contributed by atoms with Gasteiger partial charge in [0.05, 0.1) is 12.6 Å². The molecule has 4 nitrogen and oxygen atoms in total. The summed E-state index contributed by atoms with van der Waals surface area (Å²) in [4.78, 5) is 11.7. The monoisotopic (exact) mass is 265 g/mol. The van der Waals surface area contributed by atoms with Gasteiger partial charge in [-0.1, -0.05) is 31.5 Å². The molecule has 1 amide bonds. The van der Waals surface area contributed by atoms with Gasteiger partial charge in [-0.25, -0.2) is 0 Å². The Labute approximate surface area is 114 Å². The number of carbonyl (C=O) groups excluding carboxylic acids is 1. The van der Waals surface area contributed by atoms with Gasteiger partial charge in [0.25, 0.3) is 5.91 Å². The van der Waals surface area contributed by atoms with Gasteiger partial charge in [0, 0.05) is 0 Å². The van der Waals surface area contributed by atoms with Crippen LogP contribution in [0.5, 0.6) is 5.75 Å². The summed E-state index contributed by atoms with van der Waals surface area (Å²) in [5.74, 6) is 0.689. The molecule has 0 unspecified atom stereocenters. The fraction of sp³-hybridized carbons (Fsp3) is 0.533. The molecule has 0 bridgehead atoms. The van der Waals surface area contributed by atoms with Crippen LogP contribution in [0.15, 0.2) is 18.2 Å². The average molecular weight is 265 g/mol. The number of rotatable bonds is 6. The van der Waals surface area contributed by atoms with E-state index in [1.165, 1.54) is 0 Å². The molecule has 0 saturated heterocycles. The van der Waals surface area contributed by atoms with E-state index in [1.54, 1.807) is 0 Å². The molecule has 19 heavy (non-hydrogen) atoms. The van der Waals surface area contributed by atoms with E-state index < -0.39 is 0 Å². The van der Waals surface area contributed by atoms with Crippen molar-refractivity contribution in [1.82, 2.24) is 5.32 Å². The van der Waals surface area contributed by atoms with Crippen molar-refractivity contribution in [2.24, 2.45) is 5.92 Å². The maximum absolute atomic E-state index is 11.7. The normalized spacial score (nSPS) is 12.3. The first kappa shape index (κ1) is 15.5. The van der Waals surface area contributed by atoms with Crippen LogP contribution in [0.2, 0.25) is 0 Å². The lowest BCUT2D eigenvalue weighted by Crippen LogP contribution is -2.43. The minimum atomic E-state index is -0.227. The maximum atomic E-state index is 11.7. The van der Waals surface area contributed by atoms with Crippen LogP contribution >= 0.6 is 0 Å². The summed E-state index contributed by atoms with van der Waals surface area (Å²) in [6.45, 7) is 7.77. The molecule has 1 rings (SSSR count). The SMILES string of the molecule is Cc1ccc(OCC(=O)N[C@H](CO)C(C)C)c(C)c1. The van der Waals surface area contributed by atoms with Crippen LogP contribution in [0.25, 0.3) is 0 Å². The third-order valence-corrected chi connectivity index (χ3v) is 3.04. The molecule has 0 aliphatic carbocycles. The Hall–Kier alpha value is -1.55. The third kappa shape index (κ3) is 4.91. The minimum Gasteiger partial charge on any atom is -0.484 e. The van der Waals surface area contributed by atoms with Crippen molar-refractivity contribution in [3.05, 3.63) is 29.3 Å². The molecule has 106 valence electrons. The predicted molar refractivity (Wildman–Crippen MR) is 75.3 cm³/mol. The van der Waals surface area contributed by atoms with Crippen LogP contribution in [-0.2, 0) is 4.79 Å². The average Bonchev–Trinajstić information content (AvgIpc) is 2.34. The Morgan fingerprint density at radius 2 is 2.05 bits per heavy atom. The van der Waals surface area contributed by atoms with E-state index in [4.69, 9.17) is 9.84 Å². The molecule has 1 atom stereocenters. The Bertz CT molecular complexity index is 429. The number of ether oxygens (including phenoxy) is 1. The van der Waals surface area contributed by atoms with Crippen LogP contribution in [0.4, 0.5) is 0 Å². The number of amides is 1. The highest BCUT2D eigenvalue weighted by molar-refractivity contribution is 5.77. The summed E-state index contributed by atoms with van der Waals surface area (Å²) in [5.41, 5.74) is 2.17. The molecule has 0 aromatic heterocycles. The third-order valence-electron chi connectivity index (χ3n) is 3.04. The summed E-state index contributed by atoms with van der Waals surface area (Å²) < 4.78 is 5.49. The summed E-state index contributed by atoms with van der Waals surface area (Å²) in [6, 6.07) is 5.60. The molecule has 2 N–H and O–H groups in total. The quantitative estimate of drug-likeness (QED) is 0.825. The number of aliphatic hydroxyl groups is 1. The Kier molecular flexibility index (Phi) is 5.83. The van der Waals surface area contributed by atoms with Gasteiger partial charge in [-0.3, -0.25) is 4.79 Å². The maximum Gasteiger partial charge on any atom is 0.258 e. The van der Waals surface area contributed by atoms with Crippen molar-refractivity contribution in [3.8, 4) is 5.75 Å². The van der Waals surface area contributed by atoms with E-state index in [0.717, 1.165) is 11.1 Å². The lowest BCUT2D eigenvalue weighted by Gasteiger charge is -2.20. The summed E-state index contributed by atoms with van der Waals surface area (Å²) >= 11 is 0. The van der Waals surface area contributed by atoms with E-state index in [2.05, 4.69) is 5.32 Å². The van der Waals surface area contributed by atoms with Gasteiger partial charge in [0.15, 0.2) is 6.61 Å². The molecular formula is C15H23NO3. The van der Waals surface area contributed by atoms with Crippen molar-refractivity contribution >= 4 is 5.91 Å². The first-order chi connectivity index (χ1) is 8.93. The van der Waals surface area contributed by atoms with Gasteiger partial charge < -0.3 is 15.2 Å². The highest BCUT2D eigenvalue weighted by Gasteiger charge is 2.15. The van der Waals surface area contributed by atoms with E-state index in [9.17, 15) is 4.79 Å². The lowest BCUT2D eigenvalue weighted by molar-refractivity contribution is -0.124. The number of benzene rings is 1. The van der Waals surface area contributed by atoms with Crippen LogP contribution < -0.4 is 10.1 Å². The van der Waals surface area contributed by atoms with Crippen molar-refractivity contribution in [2.45, 2.75) is 33.7 Å². The van der Waals surface area contributed by atoms with E-state index >= 15 is 0 Å². The van der Waals surface area contributed by atoms with Gasteiger partial charge in [0.2, 0.25) is 0 Å². The zero-order valence-electron chi connectivity index (χ0n) is 12.1. The second-order valence-electron chi connectivity index (χ2n) is 5.16. The second-order valence-corrected chi connectivity index (χ2v) is 5.16. The number of hydrogen-bond donors (Lipinski definition) is 2. The van der Waals surface area contributed by atoms with Crippen LogP contribution in [0.1, 0.15) is 25.0 Å². The minimum absolute atomic E-state index is 0.0346. The number of aliphatic hydroxyl groups excluding tert-OH is 1. The predicted octanol–water partition coefficient (Wildman–Crippen LogP) is 1.82. The molecular weight excluding hydrogens is 242 g/mol. The molecule has 1 aromatic rings. The number of hydrogen-bond acceptors (Lipinski definition) is 3. The number of nitrogens with one attached hydrogen (secondary N) is 1. The van der Waals surface area contributed by atoms with Gasteiger partial charge >= 0.3 is 0 Å². The Morgan fingerprint density at radius 1 is 1.37 bits per heavy atom. The molecule has 0 aliphatic heterocycles. The van der Waals surface area contributed by atoms with Crippen molar-refractivity contribution < 1.29 is 14.6 Å². The van der Waals surface area contributed by atoms with Gasteiger partial charge in [0.1, 0.15) is 5.75 Å². The standard InChI is InChI=1S/C15H23NO3/c1-10(2)13(8-17)16-15(18)9-19-14-6-5-11(3)7-12(14)4/h5-7,10,13,17H,8-9H2,1-4H3,(H,16,18)/t13-/m1/s1. The van der Waals surface area contributed by atoms with Crippen molar-refractivity contribution in [3.63, 3.8) is 0 Å². The summed E-state index contributed by atoms with van der Waals surface area (Å²) in [5, 5.41) is 11.9. The molecule has 0 aliphatic rings. The first-order valence-corrected chi connectivity index (χ1v) is 6.54. The first-order valence-electron chi connectivity index (χ1n) is 6.54. The zero-order chi connectivity index (χ0) is 14.4. The topological polar surface area (TPSA) is 58.6 Å². The second kappa shape index (κ2) is 7.14. The Morgan fingerprint density at radius 3 is 2.58 bits per heavy atom. The van der Waals surface area contributed by atoms with Crippen LogP contribution in [0, 0.1) is 19.8 Å². The molecule has 0 fully saturated rings. The largest absolute Gasteiger partial charge is 0.484 e. The van der Waals surface area contributed by atoms with Crippen molar-refractivity contribution in [2.75, 3.05) is 13.2 Å². The highest BCUT2D eigenvalue weighted by atomic mass is 16.5. The highest BCUT2D eigenvalue weighted by Crippen LogP contribution is 2.18. The van der Waals surface area contributed by atoms with Gasteiger partial charge in [-0.15, -0.1) is 0 Å². The molecule has 0 spiro atoms. The van der Waals surface area contributed by atoms with Gasteiger partial charge in [-0.05, 0) is 31.4 Å². The molecule has 0 heterocycles. The van der Waals surface area contributed by atoms with E-state index in [1.807, 2.05) is 45.9 Å². The molecule has 0 radical (unpaired) electrons. The van der Waals surface area contributed by atoms with E-state index in [0.29, 0.717) is 5.75 Å². The fourth-order valence-corrected chi connectivity index (χ4v) is 1.78. The smallest absolute Gasteiger partial charge is 0.258 e. The van der Waals surface area contributed by atoms with Crippen LogP contribution in [-0.4, -0.2) is 30.3 Å². The molecule has 0 saturated carbocycles. The van der Waals surface area contributed by atoms with E-state index in [-0.39, 0.29) is 31.1 Å². The Balaban J connectivity index is 2.50. The van der Waals surface area contributed by atoms with Crippen molar-refractivity contribution in [1.29, 1.82) is 0 Å². The molecule has 4 heteroatoms. The van der Waals surface area contributed by atoms with Gasteiger partial charge in [-0.2, -0.15) is 0 Å². The zero-order valence-corrected chi connectivity index (χ0v) is 12.1. The summed E-state index contributed by atoms with van der Waals surface area (Å²) in [6.07, 6.45) is 0. The fourth-order valence-electron chi connectivity index (χ4n) is 1.78. The molecule has 1 aromatic carbocycles. The number of carbonyl (C=O) groups is 1.